The number of aromatic nitrogens is 2. The summed E-state index contributed by atoms with van der Waals surface area (Å²) in [6.07, 6.45) is 1.56. The fourth-order valence-electron chi connectivity index (χ4n) is 1.72. The van der Waals surface area contributed by atoms with E-state index in [4.69, 9.17) is 16.3 Å². The topological polar surface area (TPSA) is 47.0 Å². The van der Waals surface area contributed by atoms with Gasteiger partial charge in [0.2, 0.25) is 11.8 Å². The standard InChI is InChI=1S/C13H13ClFN3O/c1-8(12-9(14)4-3-5-10(12)15)17-13-16-7-6-11(18-13)19-2/h3-8H,1-2H3,(H,16,17,18). The number of rotatable bonds is 4. The number of halogens is 2. The second-order valence-electron chi connectivity index (χ2n) is 3.92. The normalized spacial score (nSPS) is 12.0. The maximum absolute atomic E-state index is 13.8. The number of benzene rings is 1. The minimum absolute atomic E-state index is 0.353. The number of nitrogens with one attached hydrogen (secondary N) is 1. The molecule has 1 aromatic heterocycles. The van der Waals surface area contributed by atoms with Gasteiger partial charge in [-0.05, 0) is 19.1 Å². The summed E-state index contributed by atoms with van der Waals surface area (Å²) in [4.78, 5) is 8.15. The molecule has 0 amide bonds. The summed E-state index contributed by atoms with van der Waals surface area (Å²) in [7, 11) is 1.52. The van der Waals surface area contributed by atoms with Crippen LogP contribution in [0.1, 0.15) is 18.5 Å². The third-order valence-corrected chi connectivity index (χ3v) is 2.95. The van der Waals surface area contributed by atoms with Gasteiger partial charge in [-0.2, -0.15) is 4.98 Å². The zero-order valence-corrected chi connectivity index (χ0v) is 11.3. The average Bonchev–Trinajstić information content (AvgIpc) is 2.38. The molecule has 1 aromatic carbocycles. The predicted molar refractivity (Wildman–Crippen MR) is 72.0 cm³/mol. The molecule has 1 unspecified atom stereocenters. The van der Waals surface area contributed by atoms with Crippen LogP contribution in [0.25, 0.3) is 0 Å². The molecule has 2 rings (SSSR count). The Morgan fingerprint density at radius 3 is 2.84 bits per heavy atom. The van der Waals surface area contributed by atoms with Gasteiger partial charge in [0.25, 0.3) is 0 Å². The number of hydrogen-bond donors (Lipinski definition) is 1. The van der Waals surface area contributed by atoms with Gasteiger partial charge in [-0.3, -0.25) is 0 Å². The zero-order chi connectivity index (χ0) is 13.8. The van der Waals surface area contributed by atoms with E-state index in [2.05, 4.69) is 15.3 Å². The molecule has 0 spiro atoms. The largest absolute Gasteiger partial charge is 0.481 e. The molecule has 100 valence electrons. The molecule has 0 aliphatic rings. The number of ether oxygens (including phenoxy) is 1. The SMILES string of the molecule is COc1ccnc(NC(C)c2c(F)cccc2Cl)n1. The molecular weight excluding hydrogens is 269 g/mol. The average molecular weight is 282 g/mol. The van der Waals surface area contributed by atoms with Crippen molar-refractivity contribution in [3.05, 3.63) is 46.9 Å². The molecule has 0 saturated carbocycles. The van der Waals surface area contributed by atoms with Gasteiger partial charge in [-0.25, -0.2) is 9.37 Å². The summed E-state index contributed by atoms with van der Waals surface area (Å²) in [6, 6.07) is 5.85. The van der Waals surface area contributed by atoms with E-state index in [-0.39, 0.29) is 11.9 Å². The van der Waals surface area contributed by atoms with Crippen molar-refractivity contribution in [1.29, 1.82) is 0 Å². The third-order valence-electron chi connectivity index (χ3n) is 2.62. The molecule has 1 heterocycles. The Hall–Kier alpha value is -1.88. The zero-order valence-electron chi connectivity index (χ0n) is 10.5. The first-order chi connectivity index (χ1) is 9.11. The Morgan fingerprint density at radius 1 is 1.37 bits per heavy atom. The van der Waals surface area contributed by atoms with Crippen LogP contribution in [0.2, 0.25) is 5.02 Å². The maximum atomic E-state index is 13.8. The Morgan fingerprint density at radius 2 is 2.16 bits per heavy atom. The van der Waals surface area contributed by atoms with Gasteiger partial charge in [-0.15, -0.1) is 0 Å². The van der Waals surface area contributed by atoms with Crippen LogP contribution in [-0.2, 0) is 0 Å². The first-order valence-corrected chi connectivity index (χ1v) is 6.07. The Balaban J connectivity index is 2.23. The van der Waals surface area contributed by atoms with Gasteiger partial charge in [0.15, 0.2) is 0 Å². The summed E-state index contributed by atoms with van der Waals surface area (Å²) in [5, 5.41) is 3.35. The molecule has 0 radical (unpaired) electrons. The van der Waals surface area contributed by atoms with Crippen LogP contribution in [0, 0.1) is 5.82 Å². The molecule has 2 aromatic rings. The number of anilines is 1. The summed E-state index contributed by atoms with van der Waals surface area (Å²) >= 11 is 6.00. The highest BCUT2D eigenvalue weighted by Crippen LogP contribution is 2.27. The molecule has 0 bridgehead atoms. The lowest BCUT2D eigenvalue weighted by Gasteiger charge is -2.16. The van der Waals surface area contributed by atoms with E-state index in [9.17, 15) is 4.39 Å². The Bertz CT molecular complexity index is 559. The predicted octanol–water partition coefficient (Wildman–Crippen LogP) is 3.45. The smallest absolute Gasteiger partial charge is 0.226 e. The Kier molecular flexibility index (Phi) is 4.16. The van der Waals surface area contributed by atoms with Crippen molar-refractivity contribution < 1.29 is 9.13 Å². The minimum atomic E-state index is -0.365. The fraction of sp³-hybridized carbons (Fsp3) is 0.231. The van der Waals surface area contributed by atoms with Crippen molar-refractivity contribution >= 4 is 17.5 Å². The first kappa shape index (κ1) is 13.5. The van der Waals surface area contributed by atoms with Gasteiger partial charge < -0.3 is 10.1 Å². The van der Waals surface area contributed by atoms with Crippen molar-refractivity contribution in [3.63, 3.8) is 0 Å². The first-order valence-electron chi connectivity index (χ1n) is 5.69. The van der Waals surface area contributed by atoms with E-state index in [1.165, 1.54) is 13.2 Å². The molecule has 19 heavy (non-hydrogen) atoms. The van der Waals surface area contributed by atoms with Gasteiger partial charge in [0.05, 0.1) is 13.2 Å². The van der Waals surface area contributed by atoms with E-state index >= 15 is 0 Å². The van der Waals surface area contributed by atoms with E-state index in [0.29, 0.717) is 22.4 Å². The molecule has 0 fully saturated rings. The third kappa shape index (κ3) is 3.12. The van der Waals surface area contributed by atoms with Gasteiger partial charge in [0.1, 0.15) is 5.82 Å². The molecule has 0 aliphatic carbocycles. The minimum Gasteiger partial charge on any atom is -0.481 e. The lowest BCUT2D eigenvalue weighted by Crippen LogP contribution is -2.11. The highest BCUT2D eigenvalue weighted by Gasteiger charge is 2.15. The second kappa shape index (κ2) is 5.84. The van der Waals surface area contributed by atoms with Crippen LogP contribution in [-0.4, -0.2) is 17.1 Å². The summed E-state index contributed by atoms with van der Waals surface area (Å²) in [6.45, 7) is 1.78. The molecule has 0 saturated heterocycles. The van der Waals surface area contributed by atoms with E-state index < -0.39 is 0 Å². The number of methoxy groups -OCH3 is 1. The lowest BCUT2D eigenvalue weighted by atomic mass is 10.1. The van der Waals surface area contributed by atoms with Crippen LogP contribution in [0.3, 0.4) is 0 Å². The highest BCUT2D eigenvalue weighted by atomic mass is 35.5. The summed E-state index contributed by atoms with van der Waals surface area (Å²) in [5.41, 5.74) is 0.385. The van der Waals surface area contributed by atoms with Crippen molar-refractivity contribution in [2.75, 3.05) is 12.4 Å². The fourth-order valence-corrected chi connectivity index (χ4v) is 2.04. The van der Waals surface area contributed by atoms with Gasteiger partial charge >= 0.3 is 0 Å². The van der Waals surface area contributed by atoms with Gasteiger partial charge in [0, 0.05) is 22.8 Å². The molecule has 1 N–H and O–H groups in total. The molecule has 6 heteroatoms. The summed E-state index contributed by atoms with van der Waals surface area (Å²) in [5.74, 6) is 0.422. The molecular formula is C13H13ClFN3O. The van der Waals surface area contributed by atoms with Crippen LogP contribution < -0.4 is 10.1 Å². The molecule has 1 atom stereocenters. The van der Waals surface area contributed by atoms with Crippen LogP contribution in [0.5, 0.6) is 5.88 Å². The van der Waals surface area contributed by atoms with Crippen LogP contribution in [0.15, 0.2) is 30.5 Å². The molecule has 4 nitrogen and oxygen atoms in total. The van der Waals surface area contributed by atoms with E-state index in [0.717, 1.165) is 0 Å². The quantitative estimate of drug-likeness (QED) is 0.932. The van der Waals surface area contributed by atoms with Crippen molar-refractivity contribution in [2.45, 2.75) is 13.0 Å². The van der Waals surface area contributed by atoms with Crippen molar-refractivity contribution in [1.82, 2.24) is 9.97 Å². The maximum Gasteiger partial charge on any atom is 0.226 e. The highest BCUT2D eigenvalue weighted by molar-refractivity contribution is 6.31. The van der Waals surface area contributed by atoms with Crippen molar-refractivity contribution in [3.8, 4) is 5.88 Å². The van der Waals surface area contributed by atoms with Crippen LogP contribution >= 0.6 is 11.6 Å². The lowest BCUT2D eigenvalue weighted by molar-refractivity contribution is 0.397. The monoisotopic (exact) mass is 281 g/mol. The summed E-state index contributed by atoms with van der Waals surface area (Å²) < 4.78 is 18.8. The van der Waals surface area contributed by atoms with E-state index in [1.807, 2.05) is 0 Å². The number of nitrogens with zero attached hydrogens (tertiary/aromatic N) is 2. The van der Waals surface area contributed by atoms with Crippen LogP contribution in [0.4, 0.5) is 10.3 Å². The van der Waals surface area contributed by atoms with Gasteiger partial charge in [-0.1, -0.05) is 17.7 Å². The Labute approximate surface area is 115 Å². The van der Waals surface area contributed by atoms with E-state index in [1.54, 1.807) is 31.3 Å². The number of hydrogen-bond acceptors (Lipinski definition) is 4. The van der Waals surface area contributed by atoms with Crippen molar-refractivity contribution in [2.24, 2.45) is 0 Å². The second-order valence-corrected chi connectivity index (χ2v) is 4.33. The molecule has 0 aliphatic heterocycles.